The highest BCUT2D eigenvalue weighted by molar-refractivity contribution is 6.11. The Bertz CT molecular complexity index is 1800. The van der Waals surface area contributed by atoms with Gasteiger partial charge in [-0.05, 0) is 54.8 Å². The molecule has 1 saturated carbocycles. The predicted molar refractivity (Wildman–Crippen MR) is 153 cm³/mol. The van der Waals surface area contributed by atoms with Gasteiger partial charge in [0.1, 0.15) is 17.4 Å². The summed E-state index contributed by atoms with van der Waals surface area (Å²) in [6.07, 6.45) is -3.08. The van der Waals surface area contributed by atoms with Gasteiger partial charge in [-0.2, -0.15) is 32.2 Å². The number of carbonyl (C=O) groups excluding carboxylic acids is 2. The lowest BCUT2D eigenvalue weighted by Gasteiger charge is -2.21. The monoisotopic (exact) mass is 628 g/mol. The van der Waals surface area contributed by atoms with Crippen LogP contribution in [0.3, 0.4) is 0 Å². The standard InChI is InChI=1S/C32H26F6N4O3/c1-40-28(44)25-23-14-22(19-5-4-6-20(13-19)24(43)15-30(16-39)11-2-3-12-30)27(41-17-31(34,35)32(36,37)38)42-29(23)45-26(25)18-7-9-21(33)10-8-18/h4-10,13-14H,2-3,11-12,15,17H2,1H3,(H,40,44)(H,41,42). The number of furan rings is 1. The Morgan fingerprint density at radius 2 is 1.71 bits per heavy atom. The van der Waals surface area contributed by atoms with Crippen molar-refractivity contribution in [2.24, 2.45) is 5.41 Å². The van der Waals surface area contributed by atoms with Crippen LogP contribution in [0.25, 0.3) is 33.6 Å². The van der Waals surface area contributed by atoms with Gasteiger partial charge in [0.15, 0.2) is 5.78 Å². The van der Waals surface area contributed by atoms with E-state index in [0.29, 0.717) is 12.8 Å². The van der Waals surface area contributed by atoms with Crippen LogP contribution < -0.4 is 10.6 Å². The normalized spacial score (nSPS) is 14.7. The SMILES string of the molecule is CNC(=O)c1c(-c2ccc(F)cc2)oc2nc(NCC(F)(F)C(F)(F)F)c(-c3cccc(C(=O)CC4(C#N)CCCC4)c3)cc12. The van der Waals surface area contributed by atoms with Crippen LogP contribution in [0.4, 0.5) is 32.2 Å². The lowest BCUT2D eigenvalue weighted by molar-refractivity contribution is -0.275. The van der Waals surface area contributed by atoms with E-state index in [0.717, 1.165) is 25.0 Å². The van der Waals surface area contributed by atoms with Crippen LogP contribution in [-0.4, -0.2) is 42.4 Å². The van der Waals surface area contributed by atoms with E-state index in [1.807, 2.05) is 0 Å². The first-order chi connectivity index (χ1) is 21.3. The van der Waals surface area contributed by atoms with E-state index in [2.05, 4.69) is 21.7 Å². The molecule has 0 spiro atoms. The van der Waals surface area contributed by atoms with Crippen molar-refractivity contribution >= 4 is 28.6 Å². The zero-order valence-corrected chi connectivity index (χ0v) is 23.8. The third-order valence-electron chi connectivity index (χ3n) is 7.93. The molecule has 13 heteroatoms. The summed E-state index contributed by atoms with van der Waals surface area (Å²) in [5.74, 6) is -7.11. The fraction of sp³-hybridized carbons (Fsp3) is 0.312. The highest BCUT2D eigenvalue weighted by Gasteiger charge is 2.57. The number of nitriles is 1. The molecule has 234 valence electrons. The number of amides is 1. The van der Waals surface area contributed by atoms with Crippen LogP contribution in [0, 0.1) is 22.6 Å². The number of rotatable bonds is 9. The number of nitrogens with zero attached hydrogens (tertiary/aromatic N) is 2. The van der Waals surface area contributed by atoms with Gasteiger partial charge >= 0.3 is 12.1 Å². The summed E-state index contributed by atoms with van der Waals surface area (Å²) in [6, 6.07) is 14.5. The molecule has 0 atom stereocenters. The number of halogens is 6. The second-order valence-electron chi connectivity index (χ2n) is 11.0. The zero-order chi connectivity index (χ0) is 32.6. The first kappa shape index (κ1) is 31.6. The maximum atomic E-state index is 14.0. The van der Waals surface area contributed by atoms with Crippen molar-refractivity contribution in [3.63, 3.8) is 0 Å². The van der Waals surface area contributed by atoms with Crippen LogP contribution in [0.5, 0.6) is 0 Å². The topological polar surface area (TPSA) is 108 Å². The van der Waals surface area contributed by atoms with Crippen molar-refractivity contribution in [3.05, 3.63) is 71.5 Å². The molecule has 0 radical (unpaired) electrons. The van der Waals surface area contributed by atoms with Crippen LogP contribution in [0.2, 0.25) is 0 Å². The van der Waals surface area contributed by atoms with E-state index in [1.165, 1.54) is 49.5 Å². The minimum Gasteiger partial charge on any atom is -0.437 e. The molecular formula is C32H26F6N4O3. The van der Waals surface area contributed by atoms with Gasteiger partial charge in [0.25, 0.3) is 5.91 Å². The molecule has 1 aliphatic carbocycles. The molecular weight excluding hydrogens is 602 g/mol. The van der Waals surface area contributed by atoms with Gasteiger partial charge in [0.2, 0.25) is 5.71 Å². The third kappa shape index (κ3) is 6.22. The molecule has 1 fully saturated rings. The van der Waals surface area contributed by atoms with Gasteiger partial charge in [-0.1, -0.05) is 31.0 Å². The van der Waals surface area contributed by atoms with Crippen LogP contribution in [0.15, 0.2) is 59.0 Å². The number of pyridine rings is 1. The van der Waals surface area contributed by atoms with E-state index in [9.17, 15) is 41.2 Å². The molecule has 4 aromatic rings. The summed E-state index contributed by atoms with van der Waals surface area (Å²) in [5, 5.41) is 14.4. The Balaban J connectivity index is 1.66. The summed E-state index contributed by atoms with van der Waals surface area (Å²) >= 11 is 0. The van der Waals surface area contributed by atoms with Gasteiger partial charge < -0.3 is 15.1 Å². The first-order valence-electron chi connectivity index (χ1n) is 14.0. The molecule has 0 aliphatic heterocycles. The molecule has 7 nitrogen and oxygen atoms in total. The summed E-state index contributed by atoms with van der Waals surface area (Å²) in [5.41, 5.74) is -0.395. The Morgan fingerprint density at radius 1 is 1.02 bits per heavy atom. The van der Waals surface area contributed by atoms with Gasteiger partial charge in [-0.15, -0.1) is 0 Å². The number of hydrogen-bond acceptors (Lipinski definition) is 6. The van der Waals surface area contributed by atoms with Crippen molar-refractivity contribution < 1.29 is 40.3 Å². The third-order valence-corrected chi connectivity index (χ3v) is 7.93. The largest absolute Gasteiger partial charge is 0.455 e. The summed E-state index contributed by atoms with van der Waals surface area (Å²) in [6.45, 7) is -1.86. The Morgan fingerprint density at radius 3 is 2.33 bits per heavy atom. The highest BCUT2D eigenvalue weighted by atomic mass is 19.4. The highest BCUT2D eigenvalue weighted by Crippen LogP contribution is 2.43. The van der Waals surface area contributed by atoms with Crippen molar-refractivity contribution in [1.29, 1.82) is 5.26 Å². The van der Waals surface area contributed by atoms with E-state index < -0.39 is 41.6 Å². The van der Waals surface area contributed by atoms with Gasteiger partial charge in [0, 0.05) is 30.2 Å². The minimum absolute atomic E-state index is 0.00240. The second kappa shape index (κ2) is 11.9. The maximum absolute atomic E-state index is 14.0. The van der Waals surface area contributed by atoms with Gasteiger partial charge in [-0.3, -0.25) is 9.59 Å². The molecule has 2 heterocycles. The smallest absolute Gasteiger partial charge is 0.437 e. The summed E-state index contributed by atoms with van der Waals surface area (Å²) in [4.78, 5) is 30.5. The molecule has 2 aromatic heterocycles. The predicted octanol–water partition coefficient (Wildman–Crippen LogP) is 7.93. The van der Waals surface area contributed by atoms with Crippen molar-refractivity contribution in [2.45, 2.75) is 44.2 Å². The number of ketones is 1. The van der Waals surface area contributed by atoms with Crippen molar-refractivity contribution in [3.8, 4) is 28.5 Å². The molecule has 0 unspecified atom stereocenters. The lowest BCUT2D eigenvalue weighted by atomic mass is 9.81. The number of alkyl halides is 5. The maximum Gasteiger partial charge on any atom is 0.455 e. The minimum atomic E-state index is -5.85. The first-order valence-corrected chi connectivity index (χ1v) is 14.0. The number of hydrogen-bond donors (Lipinski definition) is 2. The van der Waals surface area contributed by atoms with Gasteiger partial charge in [-0.25, -0.2) is 4.39 Å². The number of Topliss-reactive ketones (excluding diaryl/α,β-unsaturated/α-hetero) is 1. The summed E-state index contributed by atoms with van der Waals surface area (Å²) in [7, 11) is 1.35. The fourth-order valence-electron chi connectivity index (χ4n) is 5.48. The Kier molecular flexibility index (Phi) is 8.35. The fourth-order valence-corrected chi connectivity index (χ4v) is 5.48. The lowest BCUT2D eigenvalue weighted by Crippen LogP contribution is -2.42. The van der Waals surface area contributed by atoms with E-state index in [4.69, 9.17) is 4.42 Å². The van der Waals surface area contributed by atoms with Gasteiger partial charge in [0.05, 0.1) is 29.0 Å². The molecule has 1 amide bonds. The van der Waals surface area contributed by atoms with E-state index in [-0.39, 0.29) is 56.9 Å². The number of benzene rings is 2. The Labute approximate surface area is 253 Å². The number of aromatic nitrogens is 1. The average molecular weight is 629 g/mol. The molecule has 1 aliphatic rings. The Hall–Kier alpha value is -4.86. The van der Waals surface area contributed by atoms with Crippen LogP contribution in [0.1, 0.15) is 52.8 Å². The molecule has 2 aromatic carbocycles. The van der Waals surface area contributed by atoms with E-state index >= 15 is 0 Å². The second-order valence-corrected chi connectivity index (χ2v) is 11.0. The van der Waals surface area contributed by atoms with Crippen LogP contribution >= 0.6 is 0 Å². The van der Waals surface area contributed by atoms with E-state index in [1.54, 1.807) is 0 Å². The molecule has 0 bridgehead atoms. The molecule has 2 N–H and O–H groups in total. The van der Waals surface area contributed by atoms with Crippen LogP contribution in [-0.2, 0) is 0 Å². The number of anilines is 1. The average Bonchev–Trinajstić information content (AvgIpc) is 3.64. The quantitative estimate of drug-likeness (QED) is 0.144. The number of fused-ring (bicyclic) bond motifs is 1. The zero-order valence-electron chi connectivity index (χ0n) is 23.8. The molecule has 0 saturated heterocycles. The molecule has 5 rings (SSSR count). The summed E-state index contributed by atoms with van der Waals surface area (Å²) < 4.78 is 86.5. The molecule has 45 heavy (non-hydrogen) atoms. The van der Waals surface area contributed by atoms with Crippen molar-refractivity contribution in [1.82, 2.24) is 10.3 Å². The number of nitrogens with one attached hydrogen (secondary N) is 2. The van der Waals surface area contributed by atoms with Crippen molar-refractivity contribution in [2.75, 3.05) is 18.9 Å². The number of carbonyl (C=O) groups is 2.